The average Bonchev–Trinajstić information content (AvgIpc) is 2.28. The Balaban J connectivity index is 2.60. The first-order valence-corrected chi connectivity index (χ1v) is 5.45. The molecule has 5 heteroatoms. The topological polar surface area (TPSA) is 66.8 Å². The molecule has 0 saturated carbocycles. The van der Waals surface area contributed by atoms with Crippen LogP contribution >= 0.6 is 0 Å². The molecule has 1 fully saturated rings. The second kappa shape index (κ2) is 4.82. The molecule has 0 aromatic rings. The quantitative estimate of drug-likeness (QED) is 0.725. The number of carbonyl (C=O) groups excluding carboxylic acids is 1. The van der Waals surface area contributed by atoms with Gasteiger partial charge in [-0.3, -0.25) is 9.59 Å². The highest BCUT2D eigenvalue weighted by Crippen LogP contribution is 2.22. The zero-order chi connectivity index (χ0) is 12.3. The van der Waals surface area contributed by atoms with E-state index in [1.807, 2.05) is 0 Å². The molecule has 0 aromatic carbocycles. The highest BCUT2D eigenvalue weighted by atomic mass is 16.5. The first kappa shape index (κ1) is 13.0. The van der Waals surface area contributed by atoms with Crippen molar-refractivity contribution < 1.29 is 19.4 Å². The largest absolute Gasteiger partial charge is 0.480 e. The third-order valence-electron chi connectivity index (χ3n) is 3.13. The van der Waals surface area contributed by atoms with Gasteiger partial charge in [-0.2, -0.15) is 0 Å². The number of hydrogen-bond acceptors (Lipinski definition) is 3. The number of rotatable bonds is 3. The standard InChI is InChI=1S/C11H19NO4/c1-11(2,10(14)15)9(13)12-6-4-8(16-3)5-7-12/h8H,4-7H2,1-3H3,(H,14,15). The molecule has 1 rings (SSSR count). The Hall–Kier alpha value is -1.10. The molecule has 5 nitrogen and oxygen atoms in total. The molecule has 1 saturated heterocycles. The van der Waals surface area contributed by atoms with Crippen molar-refractivity contribution in [3.8, 4) is 0 Å². The molecule has 0 aliphatic carbocycles. The van der Waals surface area contributed by atoms with Gasteiger partial charge in [0.1, 0.15) is 5.41 Å². The predicted molar refractivity (Wildman–Crippen MR) is 58.0 cm³/mol. The summed E-state index contributed by atoms with van der Waals surface area (Å²) in [6.45, 7) is 4.04. The van der Waals surface area contributed by atoms with Gasteiger partial charge in [-0.15, -0.1) is 0 Å². The van der Waals surface area contributed by atoms with E-state index in [0.717, 1.165) is 12.8 Å². The molecule has 0 radical (unpaired) electrons. The molecule has 1 N–H and O–H groups in total. The van der Waals surface area contributed by atoms with E-state index in [2.05, 4.69) is 0 Å². The van der Waals surface area contributed by atoms with Crippen molar-refractivity contribution >= 4 is 11.9 Å². The molecule has 1 amide bonds. The van der Waals surface area contributed by atoms with Crippen LogP contribution in [0.15, 0.2) is 0 Å². The highest BCUT2D eigenvalue weighted by Gasteiger charge is 2.40. The van der Waals surface area contributed by atoms with Crippen LogP contribution in [0.4, 0.5) is 0 Å². The van der Waals surface area contributed by atoms with Crippen molar-refractivity contribution in [1.82, 2.24) is 4.90 Å². The summed E-state index contributed by atoms with van der Waals surface area (Å²) >= 11 is 0. The number of nitrogens with zero attached hydrogens (tertiary/aromatic N) is 1. The molecule has 0 atom stereocenters. The monoisotopic (exact) mass is 229 g/mol. The number of methoxy groups -OCH3 is 1. The summed E-state index contributed by atoms with van der Waals surface area (Å²) in [6.07, 6.45) is 1.74. The summed E-state index contributed by atoms with van der Waals surface area (Å²) in [5.74, 6) is -1.39. The van der Waals surface area contributed by atoms with E-state index in [4.69, 9.17) is 9.84 Å². The average molecular weight is 229 g/mol. The minimum atomic E-state index is -1.33. The Kier molecular flexibility index (Phi) is 3.91. The highest BCUT2D eigenvalue weighted by molar-refractivity contribution is 6.01. The molecule has 1 heterocycles. The molecule has 0 aromatic heterocycles. The van der Waals surface area contributed by atoms with Crippen LogP contribution in [-0.2, 0) is 14.3 Å². The Labute approximate surface area is 95.4 Å². The predicted octanol–water partition coefficient (Wildman–Crippen LogP) is 0.735. The van der Waals surface area contributed by atoms with Gasteiger partial charge >= 0.3 is 5.97 Å². The zero-order valence-electron chi connectivity index (χ0n) is 10.0. The van der Waals surface area contributed by atoms with Crippen molar-refractivity contribution in [3.05, 3.63) is 0 Å². The van der Waals surface area contributed by atoms with Crippen LogP contribution in [0.25, 0.3) is 0 Å². The van der Waals surface area contributed by atoms with Crippen molar-refractivity contribution in [3.63, 3.8) is 0 Å². The van der Waals surface area contributed by atoms with Gasteiger partial charge in [-0.25, -0.2) is 0 Å². The van der Waals surface area contributed by atoms with E-state index < -0.39 is 11.4 Å². The molecule has 0 unspecified atom stereocenters. The molecular weight excluding hydrogens is 210 g/mol. The summed E-state index contributed by atoms with van der Waals surface area (Å²) < 4.78 is 5.20. The van der Waals surface area contributed by atoms with Gasteiger partial charge in [0.15, 0.2) is 0 Å². The van der Waals surface area contributed by atoms with Gasteiger partial charge in [0.2, 0.25) is 5.91 Å². The normalized spacial score (nSPS) is 18.6. The minimum Gasteiger partial charge on any atom is -0.480 e. The number of ether oxygens (including phenoxy) is 1. The molecule has 0 spiro atoms. The fourth-order valence-corrected chi connectivity index (χ4v) is 1.78. The summed E-state index contributed by atoms with van der Waals surface area (Å²) in [4.78, 5) is 24.5. The van der Waals surface area contributed by atoms with E-state index >= 15 is 0 Å². The maximum atomic E-state index is 12.0. The SMILES string of the molecule is COC1CCN(C(=O)C(C)(C)C(=O)O)CC1. The van der Waals surface area contributed by atoms with Gasteiger partial charge < -0.3 is 14.7 Å². The maximum Gasteiger partial charge on any atom is 0.318 e. The maximum absolute atomic E-state index is 12.0. The van der Waals surface area contributed by atoms with E-state index in [1.54, 1.807) is 12.0 Å². The van der Waals surface area contributed by atoms with Gasteiger partial charge in [-0.05, 0) is 26.7 Å². The first-order valence-electron chi connectivity index (χ1n) is 5.45. The van der Waals surface area contributed by atoms with Gasteiger partial charge in [0, 0.05) is 20.2 Å². The van der Waals surface area contributed by atoms with Gasteiger partial charge in [-0.1, -0.05) is 0 Å². The Morgan fingerprint density at radius 2 is 1.81 bits per heavy atom. The number of aliphatic carboxylic acids is 1. The van der Waals surface area contributed by atoms with Crippen LogP contribution in [0.5, 0.6) is 0 Å². The van der Waals surface area contributed by atoms with E-state index in [9.17, 15) is 9.59 Å². The number of carboxylic acids is 1. The number of carboxylic acid groups (broad SMARTS) is 1. The van der Waals surface area contributed by atoms with Crippen molar-refractivity contribution in [2.45, 2.75) is 32.8 Å². The summed E-state index contributed by atoms with van der Waals surface area (Å²) in [5, 5.41) is 8.97. The van der Waals surface area contributed by atoms with Crippen LogP contribution < -0.4 is 0 Å². The number of carbonyl (C=O) groups is 2. The lowest BCUT2D eigenvalue weighted by molar-refractivity contribution is -0.159. The smallest absolute Gasteiger partial charge is 0.318 e. The van der Waals surface area contributed by atoms with E-state index in [0.29, 0.717) is 13.1 Å². The lowest BCUT2D eigenvalue weighted by atomic mass is 9.90. The number of piperidine rings is 1. The molecule has 92 valence electrons. The Morgan fingerprint density at radius 1 is 1.31 bits per heavy atom. The second-order valence-corrected chi connectivity index (χ2v) is 4.66. The third-order valence-corrected chi connectivity index (χ3v) is 3.13. The lowest BCUT2D eigenvalue weighted by Gasteiger charge is -2.34. The molecule has 1 aliphatic heterocycles. The molecule has 16 heavy (non-hydrogen) atoms. The van der Waals surface area contributed by atoms with Crippen molar-refractivity contribution in [2.75, 3.05) is 20.2 Å². The van der Waals surface area contributed by atoms with E-state index in [1.165, 1.54) is 13.8 Å². The van der Waals surface area contributed by atoms with Crippen LogP contribution in [0.3, 0.4) is 0 Å². The fourth-order valence-electron chi connectivity index (χ4n) is 1.78. The second-order valence-electron chi connectivity index (χ2n) is 4.66. The summed E-state index contributed by atoms with van der Waals surface area (Å²) in [5.41, 5.74) is -1.33. The summed E-state index contributed by atoms with van der Waals surface area (Å²) in [6, 6.07) is 0. The van der Waals surface area contributed by atoms with Crippen LogP contribution in [0.1, 0.15) is 26.7 Å². The summed E-state index contributed by atoms with van der Waals surface area (Å²) in [7, 11) is 1.66. The Bertz CT molecular complexity index is 280. The zero-order valence-corrected chi connectivity index (χ0v) is 10.0. The molecule has 1 aliphatic rings. The minimum absolute atomic E-state index is 0.192. The molecule has 0 bridgehead atoms. The van der Waals surface area contributed by atoms with Crippen LogP contribution in [0, 0.1) is 5.41 Å². The Morgan fingerprint density at radius 3 is 2.19 bits per heavy atom. The van der Waals surface area contributed by atoms with Crippen LogP contribution in [-0.4, -0.2) is 48.2 Å². The lowest BCUT2D eigenvalue weighted by Crippen LogP contribution is -2.49. The van der Waals surface area contributed by atoms with Crippen molar-refractivity contribution in [1.29, 1.82) is 0 Å². The molecular formula is C11H19NO4. The van der Waals surface area contributed by atoms with Crippen LogP contribution in [0.2, 0.25) is 0 Å². The fraction of sp³-hybridized carbons (Fsp3) is 0.818. The first-order chi connectivity index (χ1) is 7.39. The number of likely N-dealkylation sites (tertiary alicyclic amines) is 1. The number of amides is 1. The van der Waals surface area contributed by atoms with Gasteiger partial charge in [0.25, 0.3) is 0 Å². The third kappa shape index (κ3) is 2.52. The van der Waals surface area contributed by atoms with Crippen molar-refractivity contribution in [2.24, 2.45) is 5.41 Å². The van der Waals surface area contributed by atoms with E-state index in [-0.39, 0.29) is 12.0 Å². The number of hydrogen-bond donors (Lipinski definition) is 1. The van der Waals surface area contributed by atoms with Gasteiger partial charge in [0.05, 0.1) is 6.10 Å².